The summed E-state index contributed by atoms with van der Waals surface area (Å²) >= 11 is 0. The summed E-state index contributed by atoms with van der Waals surface area (Å²) in [6.45, 7) is 1.23. The van der Waals surface area contributed by atoms with Crippen LogP contribution in [0.3, 0.4) is 0 Å². The number of benzene rings is 1. The first kappa shape index (κ1) is 18.3. The van der Waals surface area contributed by atoms with Gasteiger partial charge in [0.05, 0.1) is 12.5 Å². The Bertz CT molecular complexity index is 896. The Morgan fingerprint density at radius 2 is 2.00 bits per heavy atom. The molecule has 0 bridgehead atoms. The molecule has 0 atom stereocenters. The molecule has 0 spiro atoms. The van der Waals surface area contributed by atoms with Crippen molar-refractivity contribution in [1.82, 2.24) is 19.2 Å². The van der Waals surface area contributed by atoms with Crippen molar-refractivity contribution in [3.05, 3.63) is 54.2 Å². The van der Waals surface area contributed by atoms with Crippen molar-refractivity contribution in [3.8, 4) is 0 Å². The highest BCUT2D eigenvalue weighted by molar-refractivity contribution is 7.89. The SMILES string of the molecule is O=C(/C=C/c1ccccc1F)N1CCCN(S(=O)(=O)c2cnc[nH]2)CC1. The molecule has 1 aromatic carbocycles. The summed E-state index contributed by atoms with van der Waals surface area (Å²) in [5.41, 5.74) is 0.333. The largest absolute Gasteiger partial charge is 0.338 e. The lowest BCUT2D eigenvalue weighted by Gasteiger charge is -2.20. The number of hydrogen-bond donors (Lipinski definition) is 1. The Kier molecular flexibility index (Phi) is 5.48. The molecular formula is C17H19FN4O3S. The lowest BCUT2D eigenvalue weighted by atomic mass is 10.2. The van der Waals surface area contributed by atoms with Gasteiger partial charge >= 0.3 is 0 Å². The van der Waals surface area contributed by atoms with Crippen LogP contribution in [0, 0.1) is 5.82 Å². The molecule has 1 amide bonds. The van der Waals surface area contributed by atoms with Crippen molar-refractivity contribution in [2.75, 3.05) is 26.2 Å². The van der Waals surface area contributed by atoms with E-state index in [0.29, 0.717) is 25.1 Å². The Hall–Kier alpha value is -2.52. The van der Waals surface area contributed by atoms with Gasteiger partial charge in [0, 0.05) is 37.8 Å². The van der Waals surface area contributed by atoms with E-state index in [2.05, 4.69) is 9.97 Å². The van der Waals surface area contributed by atoms with E-state index in [1.807, 2.05) is 0 Å². The molecule has 2 heterocycles. The normalized spacial score (nSPS) is 16.7. The molecule has 1 aliphatic heterocycles. The van der Waals surface area contributed by atoms with Gasteiger partial charge in [-0.1, -0.05) is 18.2 Å². The summed E-state index contributed by atoms with van der Waals surface area (Å²) in [6.07, 6.45) is 5.85. The van der Waals surface area contributed by atoms with Crippen LogP contribution in [0.2, 0.25) is 0 Å². The number of aromatic nitrogens is 2. The van der Waals surface area contributed by atoms with E-state index in [4.69, 9.17) is 0 Å². The minimum atomic E-state index is -3.64. The number of aromatic amines is 1. The first-order valence-corrected chi connectivity index (χ1v) is 9.62. The van der Waals surface area contributed by atoms with Crippen LogP contribution in [0.15, 0.2) is 47.9 Å². The van der Waals surface area contributed by atoms with Crippen LogP contribution in [0.1, 0.15) is 12.0 Å². The first-order valence-electron chi connectivity index (χ1n) is 8.18. The first-order chi connectivity index (χ1) is 12.5. The number of nitrogens with one attached hydrogen (secondary N) is 1. The second kappa shape index (κ2) is 7.79. The number of sulfonamides is 1. The highest BCUT2D eigenvalue weighted by atomic mass is 32.2. The van der Waals surface area contributed by atoms with Crippen LogP contribution >= 0.6 is 0 Å². The zero-order valence-electron chi connectivity index (χ0n) is 14.0. The molecule has 1 N–H and O–H groups in total. The van der Waals surface area contributed by atoms with Gasteiger partial charge in [0.25, 0.3) is 10.0 Å². The van der Waals surface area contributed by atoms with Crippen molar-refractivity contribution < 1.29 is 17.6 Å². The van der Waals surface area contributed by atoms with Gasteiger partial charge in [-0.3, -0.25) is 4.79 Å². The molecule has 138 valence electrons. The van der Waals surface area contributed by atoms with Gasteiger partial charge in [0.2, 0.25) is 5.91 Å². The van der Waals surface area contributed by atoms with Crippen molar-refractivity contribution in [2.45, 2.75) is 11.4 Å². The Labute approximate surface area is 151 Å². The summed E-state index contributed by atoms with van der Waals surface area (Å²) in [5.74, 6) is -0.668. The molecule has 1 aliphatic rings. The van der Waals surface area contributed by atoms with E-state index in [-0.39, 0.29) is 24.0 Å². The van der Waals surface area contributed by atoms with Gasteiger partial charge in [-0.15, -0.1) is 0 Å². The summed E-state index contributed by atoms with van der Waals surface area (Å²) in [4.78, 5) is 20.3. The number of H-pyrrole nitrogens is 1. The van der Waals surface area contributed by atoms with Crippen LogP contribution < -0.4 is 0 Å². The van der Waals surface area contributed by atoms with E-state index >= 15 is 0 Å². The highest BCUT2D eigenvalue weighted by Gasteiger charge is 2.28. The smallest absolute Gasteiger partial charge is 0.260 e. The number of carbonyl (C=O) groups excluding carboxylic acids is 1. The number of carbonyl (C=O) groups is 1. The number of amides is 1. The van der Waals surface area contributed by atoms with E-state index in [0.717, 1.165) is 0 Å². The van der Waals surface area contributed by atoms with Crippen LogP contribution in [0.25, 0.3) is 6.08 Å². The van der Waals surface area contributed by atoms with Gasteiger partial charge in [0.1, 0.15) is 5.82 Å². The van der Waals surface area contributed by atoms with Crippen molar-refractivity contribution >= 4 is 22.0 Å². The molecule has 0 radical (unpaired) electrons. The van der Waals surface area contributed by atoms with E-state index in [9.17, 15) is 17.6 Å². The third-order valence-corrected chi connectivity index (χ3v) is 5.99. The average molecular weight is 378 g/mol. The molecule has 1 fully saturated rings. The maximum Gasteiger partial charge on any atom is 0.260 e. The molecule has 0 unspecified atom stereocenters. The van der Waals surface area contributed by atoms with Gasteiger partial charge in [-0.2, -0.15) is 4.31 Å². The van der Waals surface area contributed by atoms with E-state index in [1.165, 1.54) is 35.0 Å². The molecule has 1 saturated heterocycles. The summed E-state index contributed by atoms with van der Waals surface area (Å²) in [6, 6.07) is 6.18. The molecule has 7 nitrogen and oxygen atoms in total. The fourth-order valence-electron chi connectivity index (χ4n) is 2.75. The zero-order valence-corrected chi connectivity index (χ0v) is 14.8. The zero-order chi connectivity index (χ0) is 18.6. The highest BCUT2D eigenvalue weighted by Crippen LogP contribution is 2.15. The Morgan fingerprint density at radius 3 is 2.73 bits per heavy atom. The molecule has 3 rings (SSSR count). The third-order valence-electron chi connectivity index (χ3n) is 4.17. The minimum absolute atomic E-state index is 0.0386. The number of rotatable bonds is 4. The number of hydrogen-bond acceptors (Lipinski definition) is 4. The molecule has 26 heavy (non-hydrogen) atoms. The topological polar surface area (TPSA) is 86.4 Å². The van der Waals surface area contributed by atoms with Gasteiger partial charge in [-0.25, -0.2) is 17.8 Å². The quantitative estimate of drug-likeness (QED) is 0.817. The predicted molar refractivity (Wildman–Crippen MR) is 94.0 cm³/mol. The number of imidazole rings is 1. The van der Waals surface area contributed by atoms with Gasteiger partial charge < -0.3 is 9.88 Å². The minimum Gasteiger partial charge on any atom is -0.338 e. The number of nitrogens with zero attached hydrogens (tertiary/aromatic N) is 3. The molecular weight excluding hydrogens is 359 g/mol. The lowest BCUT2D eigenvalue weighted by molar-refractivity contribution is -0.125. The van der Waals surface area contributed by atoms with Crippen LogP contribution in [0.4, 0.5) is 4.39 Å². The molecule has 9 heteroatoms. The maximum absolute atomic E-state index is 13.6. The average Bonchev–Trinajstić information content (AvgIpc) is 3.06. The van der Waals surface area contributed by atoms with Crippen molar-refractivity contribution in [2.24, 2.45) is 0 Å². The second-order valence-electron chi connectivity index (χ2n) is 5.85. The summed E-state index contributed by atoms with van der Waals surface area (Å²) in [5, 5.41) is 0.0386. The second-order valence-corrected chi connectivity index (χ2v) is 7.76. The summed E-state index contributed by atoms with van der Waals surface area (Å²) < 4.78 is 40.0. The van der Waals surface area contributed by atoms with E-state index < -0.39 is 15.8 Å². The predicted octanol–water partition coefficient (Wildman–Crippen LogP) is 1.49. The summed E-state index contributed by atoms with van der Waals surface area (Å²) in [7, 11) is -3.64. The van der Waals surface area contributed by atoms with E-state index in [1.54, 1.807) is 23.1 Å². The maximum atomic E-state index is 13.6. The van der Waals surface area contributed by atoms with Gasteiger partial charge in [0.15, 0.2) is 5.03 Å². The Balaban J connectivity index is 1.65. The van der Waals surface area contributed by atoms with Crippen molar-refractivity contribution in [3.63, 3.8) is 0 Å². The Morgan fingerprint density at radius 1 is 1.19 bits per heavy atom. The fraction of sp³-hybridized carbons (Fsp3) is 0.294. The lowest BCUT2D eigenvalue weighted by Crippen LogP contribution is -2.36. The third kappa shape index (κ3) is 4.00. The van der Waals surface area contributed by atoms with Crippen LogP contribution in [-0.4, -0.2) is 59.7 Å². The van der Waals surface area contributed by atoms with Crippen LogP contribution in [-0.2, 0) is 14.8 Å². The van der Waals surface area contributed by atoms with Gasteiger partial charge in [-0.05, 0) is 18.6 Å². The van der Waals surface area contributed by atoms with Crippen molar-refractivity contribution in [1.29, 1.82) is 0 Å². The monoisotopic (exact) mass is 378 g/mol. The number of halogens is 1. The fourth-order valence-corrected chi connectivity index (χ4v) is 4.12. The molecule has 1 aromatic heterocycles. The standard InChI is InChI=1S/C17H19FN4O3S/c18-15-5-2-1-4-14(15)6-7-17(23)21-8-3-9-22(11-10-21)26(24,25)16-12-19-13-20-16/h1-2,4-7,12-13H,3,8-11H2,(H,19,20)/b7-6+. The molecule has 0 saturated carbocycles. The molecule has 0 aliphatic carbocycles. The molecule has 2 aromatic rings. The van der Waals surface area contributed by atoms with Crippen LogP contribution in [0.5, 0.6) is 0 Å².